The van der Waals surface area contributed by atoms with Crippen molar-refractivity contribution < 1.29 is 0 Å². The molecular formula is C14H20ClN. The summed E-state index contributed by atoms with van der Waals surface area (Å²) >= 11 is 6.03. The van der Waals surface area contributed by atoms with Crippen LogP contribution in [0.15, 0.2) is 24.3 Å². The van der Waals surface area contributed by atoms with Crippen LogP contribution in [0.5, 0.6) is 0 Å². The van der Waals surface area contributed by atoms with Gasteiger partial charge in [-0.1, -0.05) is 49.4 Å². The Kier molecular flexibility index (Phi) is 4.25. The molecule has 0 saturated heterocycles. The summed E-state index contributed by atoms with van der Waals surface area (Å²) in [7, 11) is 2.04. The number of hydrogen-bond acceptors (Lipinski definition) is 1. The van der Waals surface area contributed by atoms with Crippen molar-refractivity contribution in [2.45, 2.75) is 38.1 Å². The summed E-state index contributed by atoms with van der Waals surface area (Å²) in [6.07, 6.45) is 6.88. The lowest BCUT2D eigenvalue weighted by Gasteiger charge is -2.20. The van der Waals surface area contributed by atoms with Gasteiger partial charge < -0.3 is 5.32 Å². The van der Waals surface area contributed by atoms with Crippen molar-refractivity contribution in [2.24, 2.45) is 5.92 Å². The van der Waals surface area contributed by atoms with Gasteiger partial charge >= 0.3 is 0 Å². The van der Waals surface area contributed by atoms with Crippen LogP contribution in [-0.2, 0) is 0 Å². The van der Waals surface area contributed by atoms with E-state index in [1.54, 1.807) is 0 Å². The number of halogens is 1. The second-order valence-corrected chi connectivity index (χ2v) is 5.22. The van der Waals surface area contributed by atoms with Gasteiger partial charge in [0.15, 0.2) is 0 Å². The predicted octanol–water partition coefficient (Wildman–Crippen LogP) is 4.18. The average Bonchev–Trinajstić information content (AvgIpc) is 2.78. The van der Waals surface area contributed by atoms with Crippen LogP contribution in [0, 0.1) is 5.92 Å². The van der Waals surface area contributed by atoms with Gasteiger partial charge in [0, 0.05) is 11.1 Å². The molecule has 1 aromatic rings. The Morgan fingerprint density at radius 2 is 2.12 bits per heavy atom. The molecule has 1 aromatic carbocycles. The van der Waals surface area contributed by atoms with E-state index in [-0.39, 0.29) is 0 Å². The summed E-state index contributed by atoms with van der Waals surface area (Å²) < 4.78 is 0. The first-order valence-electron chi connectivity index (χ1n) is 6.22. The number of rotatable bonds is 4. The molecule has 1 N–H and O–H groups in total. The zero-order chi connectivity index (χ0) is 11.4. The highest BCUT2D eigenvalue weighted by molar-refractivity contribution is 6.30. The van der Waals surface area contributed by atoms with Crippen LogP contribution >= 0.6 is 11.6 Å². The average molecular weight is 238 g/mol. The minimum Gasteiger partial charge on any atom is -0.313 e. The molecular weight excluding hydrogens is 218 g/mol. The van der Waals surface area contributed by atoms with Gasteiger partial charge in [-0.3, -0.25) is 0 Å². The fourth-order valence-corrected chi connectivity index (χ4v) is 2.92. The van der Waals surface area contributed by atoms with Crippen molar-refractivity contribution in [3.8, 4) is 0 Å². The van der Waals surface area contributed by atoms with E-state index in [0.29, 0.717) is 6.04 Å². The van der Waals surface area contributed by atoms with Crippen LogP contribution in [0.25, 0.3) is 0 Å². The number of nitrogens with one attached hydrogen (secondary N) is 1. The van der Waals surface area contributed by atoms with Gasteiger partial charge in [-0.15, -0.1) is 0 Å². The van der Waals surface area contributed by atoms with E-state index in [4.69, 9.17) is 11.6 Å². The molecule has 0 radical (unpaired) electrons. The lowest BCUT2D eigenvalue weighted by atomic mass is 9.94. The Labute approximate surface area is 103 Å². The van der Waals surface area contributed by atoms with Gasteiger partial charge in [-0.05, 0) is 37.1 Å². The maximum absolute atomic E-state index is 6.03. The Morgan fingerprint density at radius 3 is 2.75 bits per heavy atom. The highest BCUT2D eigenvalue weighted by atomic mass is 35.5. The first kappa shape index (κ1) is 11.9. The standard InChI is InChI=1S/C14H20ClN/c1-16-14(9-11-5-2-3-6-11)12-7-4-8-13(15)10-12/h4,7-8,10-11,14,16H,2-3,5-6,9H2,1H3. The summed E-state index contributed by atoms with van der Waals surface area (Å²) in [5.41, 5.74) is 1.32. The van der Waals surface area contributed by atoms with Crippen LogP contribution in [-0.4, -0.2) is 7.05 Å². The van der Waals surface area contributed by atoms with Crippen molar-refractivity contribution in [1.29, 1.82) is 0 Å². The number of benzene rings is 1. The predicted molar refractivity (Wildman–Crippen MR) is 69.8 cm³/mol. The first-order chi connectivity index (χ1) is 7.79. The monoisotopic (exact) mass is 237 g/mol. The van der Waals surface area contributed by atoms with Crippen LogP contribution in [0.3, 0.4) is 0 Å². The summed E-state index contributed by atoms with van der Waals surface area (Å²) in [5, 5.41) is 4.25. The third-order valence-corrected chi connectivity index (χ3v) is 3.88. The van der Waals surface area contributed by atoms with E-state index in [0.717, 1.165) is 10.9 Å². The van der Waals surface area contributed by atoms with E-state index in [9.17, 15) is 0 Å². The quantitative estimate of drug-likeness (QED) is 0.829. The summed E-state index contributed by atoms with van der Waals surface area (Å²) in [6.45, 7) is 0. The molecule has 1 unspecified atom stereocenters. The van der Waals surface area contributed by atoms with Gasteiger partial charge in [0.25, 0.3) is 0 Å². The molecule has 0 aliphatic heterocycles. The minimum absolute atomic E-state index is 0.460. The molecule has 0 aromatic heterocycles. The molecule has 2 heteroatoms. The maximum Gasteiger partial charge on any atom is 0.0409 e. The Hall–Kier alpha value is -0.530. The van der Waals surface area contributed by atoms with Crippen molar-refractivity contribution in [1.82, 2.24) is 5.32 Å². The molecule has 1 fully saturated rings. The highest BCUT2D eigenvalue weighted by Gasteiger charge is 2.20. The molecule has 0 heterocycles. The fraction of sp³-hybridized carbons (Fsp3) is 0.571. The van der Waals surface area contributed by atoms with E-state index in [1.165, 1.54) is 37.7 Å². The minimum atomic E-state index is 0.460. The smallest absolute Gasteiger partial charge is 0.0409 e. The Morgan fingerprint density at radius 1 is 1.38 bits per heavy atom. The lowest BCUT2D eigenvalue weighted by Crippen LogP contribution is -2.19. The fourth-order valence-electron chi connectivity index (χ4n) is 2.72. The normalized spacial score (nSPS) is 18.9. The zero-order valence-electron chi connectivity index (χ0n) is 9.88. The zero-order valence-corrected chi connectivity index (χ0v) is 10.6. The number of hydrogen-bond donors (Lipinski definition) is 1. The van der Waals surface area contributed by atoms with Crippen LogP contribution in [0.4, 0.5) is 0 Å². The topological polar surface area (TPSA) is 12.0 Å². The summed E-state index contributed by atoms with van der Waals surface area (Å²) in [6, 6.07) is 8.69. The molecule has 1 nitrogen and oxygen atoms in total. The second kappa shape index (κ2) is 5.70. The molecule has 1 aliphatic rings. The summed E-state index contributed by atoms with van der Waals surface area (Å²) in [4.78, 5) is 0. The van der Waals surface area contributed by atoms with Gasteiger partial charge in [0.05, 0.1) is 0 Å². The third kappa shape index (κ3) is 2.99. The van der Waals surface area contributed by atoms with Gasteiger partial charge in [-0.2, -0.15) is 0 Å². The van der Waals surface area contributed by atoms with Crippen LogP contribution < -0.4 is 5.32 Å². The highest BCUT2D eigenvalue weighted by Crippen LogP contribution is 2.33. The molecule has 0 amide bonds. The molecule has 0 bridgehead atoms. The SMILES string of the molecule is CNC(CC1CCCC1)c1cccc(Cl)c1. The van der Waals surface area contributed by atoms with E-state index in [2.05, 4.69) is 17.4 Å². The van der Waals surface area contributed by atoms with Crippen molar-refractivity contribution in [3.05, 3.63) is 34.9 Å². The van der Waals surface area contributed by atoms with Crippen molar-refractivity contribution >= 4 is 11.6 Å². The second-order valence-electron chi connectivity index (χ2n) is 4.78. The largest absolute Gasteiger partial charge is 0.313 e. The van der Waals surface area contributed by atoms with Gasteiger partial charge in [0.2, 0.25) is 0 Å². The van der Waals surface area contributed by atoms with Gasteiger partial charge in [0.1, 0.15) is 0 Å². The van der Waals surface area contributed by atoms with Crippen molar-refractivity contribution in [3.63, 3.8) is 0 Å². The molecule has 1 saturated carbocycles. The van der Waals surface area contributed by atoms with Crippen LogP contribution in [0.2, 0.25) is 5.02 Å². The first-order valence-corrected chi connectivity index (χ1v) is 6.60. The van der Waals surface area contributed by atoms with Gasteiger partial charge in [-0.25, -0.2) is 0 Å². The third-order valence-electron chi connectivity index (χ3n) is 3.64. The van der Waals surface area contributed by atoms with Crippen molar-refractivity contribution in [2.75, 3.05) is 7.05 Å². The Bertz CT molecular complexity index is 331. The molecule has 0 spiro atoms. The molecule has 88 valence electrons. The van der Waals surface area contributed by atoms with Crippen LogP contribution in [0.1, 0.15) is 43.7 Å². The molecule has 2 rings (SSSR count). The summed E-state index contributed by atoms with van der Waals surface area (Å²) in [5.74, 6) is 0.899. The Balaban J connectivity index is 2.03. The lowest BCUT2D eigenvalue weighted by molar-refractivity contribution is 0.413. The maximum atomic E-state index is 6.03. The molecule has 1 aliphatic carbocycles. The van der Waals surface area contributed by atoms with E-state index >= 15 is 0 Å². The molecule has 16 heavy (non-hydrogen) atoms. The van der Waals surface area contributed by atoms with E-state index in [1.807, 2.05) is 19.2 Å². The molecule has 1 atom stereocenters. The van der Waals surface area contributed by atoms with E-state index < -0.39 is 0 Å².